The Morgan fingerprint density at radius 2 is 2.47 bits per heavy atom. The van der Waals surface area contributed by atoms with E-state index in [0.29, 0.717) is 19.7 Å². The summed E-state index contributed by atoms with van der Waals surface area (Å²) in [6.07, 6.45) is 1.75. The van der Waals surface area contributed by atoms with E-state index in [9.17, 15) is 4.79 Å². The third-order valence-electron chi connectivity index (χ3n) is 3.11. The molecule has 1 aliphatic heterocycles. The number of nitrogens with one attached hydrogen (secondary N) is 1. The Morgan fingerprint density at radius 3 is 3.21 bits per heavy atom. The zero-order valence-corrected chi connectivity index (χ0v) is 11.4. The van der Waals surface area contributed by atoms with E-state index < -0.39 is 0 Å². The van der Waals surface area contributed by atoms with Crippen molar-refractivity contribution >= 4 is 5.97 Å². The molecule has 1 N–H and O–H groups in total. The first-order chi connectivity index (χ1) is 9.20. The molecule has 0 aromatic carbocycles. The van der Waals surface area contributed by atoms with Gasteiger partial charge in [-0.05, 0) is 19.9 Å². The summed E-state index contributed by atoms with van der Waals surface area (Å²) in [5, 5.41) is 3.23. The van der Waals surface area contributed by atoms with Gasteiger partial charge in [-0.3, -0.25) is 9.69 Å². The molecule has 2 rings (SSSR count). The van der Waals surface area contributed by atoms with Crippen molar-refractivity contribution in [2.24, 2.45) is 0 Å². The van der Waals surface area contributed by atoms with Crippen LogP contribution in [0.15, 0.2) is 12.3 Å². The van der Waals surface area contributed by atoms with Gasteiger partial charge in [0.15, 0.2) is 0 Å². The summed E-state index contributed by atoms with van der Waals surface area (Å²) in [7, 11) is 0. The van der Waals surface area contributed by atoms with Crippen LogP contribution in [0, 0.1) is 6.92 Å². The van der Waals surface area contributed by atoms with E-state index >= 15 is 0 Å². The number of hydrogen-bond acceptors (Lipinski definition) is 6. The molecule has 6 nitrogen and oxygen atoms in total. The molecule has 1 aliphatic rings. The zero-order chi connectivity index (χ0) is 13.7. The summed E-state index contributed by atoms with van der Waals surface area (Å²) in [6, 6.07) is 1.65. The number of carbonyl (C=O) groups excluding carboxylic acids is 1. The predicted octanol–water partition coefficient (Wildman–Crippen LogP) is 0.122. The second-order valence-corrected chi connectivity index (χ2v) is 4.54. The quantitative estimate of drug-likeness (QED) is 0.779. The van der Waals surface area contributed by atoms with Crippen molar-refractivity contribution in [1.82, 2.24) is 20.2 Å². The Balaban J connectivity index is 2.05. The average molecular weight is 264 g/mol. The molecule has 1 aromatic rings. The van der Waals surface area contributed by atoms with E-state index in [-0.39, 0.29) is 12.0 Å². The second kappa shape index (κ2) is 6.58. The van der Waals surface area contributed by atoms with E-state index in [0.717, 1.165) is 24.6 Å². The maximum atomic E-state index is 11.9. The number of piperazine rings is 1. The van der Waals surface area contributed by atoms with Crippen molar-refractivity contribution in [3.63, 3.8) is 0 Å². The van der Waals surface area contributed by atoms with Gasteiger partial charge in [0, 0.05) is 32.4 Å². The van der Waals surface area contributed by atoms with Crippen LogP contribution in [0.25, 0.3) is 0 Å². The molecule has 6 heteroatoms. The highest BCUT2D eigenvalue weighted by Crippen LogP contribution is 2.10. The number of esters is 1. The third-order valence-corrected chi connectivity index (χ3v) is 3.11. The minimum Gasteiger partial charge on any atom is -0.465 e. The molecule has 1 saturated heterocycles. The fraction of sp³-hybridized carbons (Fsp3) is 0.615. The van der Waals surface area contributed by atoms with Crippen LogP contribution in [0.3, 0.4) is 0 Å². The van der Waals surface area contributed by atoms with Gasteiger partial charge in [0.2, 0.25) is 0 Å². The minimum atomic E-state index is -0.232. The maximum absolute atomic E-state index is 11.9. The van der Waals surface area contributed by atoms with Crippen LogP contribution < -0.4 is 5.32 Å². The smallest absolute Gasteiger partial charge is 0.324 e. The lowest BCUT2D eigenvalue weighted by atomic mass is 10.2. The largest absolute Gasteiger partial charge is 0.465 e. The Morgan fingerprint density at radius 1 is 1.63 bits per heavy atom. The van der Waals surface area contributed by atoms with Gasteiger partial charge in [0.1, 0.15) is 11.9 Å². The number of nitrogens with zero attached hydrogens (tertiary/aromatic N) is 3. The van der Waals surface area contributed by atoms with E-state index in [1.165, 1.54) is 0 Å². The molecule has 1 fully saturated rings. The van der Waals surface area contributed by atoms with Gasteiger partial charge in [-0.25, -0.2) is 9.97 Å². The number of aromatic nitrogens is 2. The summed E-state index contributed by atoms with van der Waals surface area (Å²) in [6.45, 7) is 7.07. The number of hydrogen-bond donors (Lipinski definition) is 1. The normalized spacial score (nSPS) is 20.2. The molecule has 0 saturated carbocycles. The van der Waals surface area contributed by atoms with Crippen LogP contribution in [0.1, 0.15) is 18.4 Å². The van der Waals surface area contributed by atoms with E-state index in [1.807, 2.05) is 19.9 Å². The average Bonchev–Trinajstić information content (AvgIpc) is 2.39. The molecular formula is C13H20N4O2. The summed E-state index contributed by atoms with van der Waals surface area (Å²) in [5.74, 6) is 0.584. The topological polar surface area (TPSA) is 67.3 Å². The second-order valence-electron chi connectivity index (χ2n) is 4.54. The SMILES string of the molecule is CCOC(=O)C1CNCCN1Cc1ccnc(C)n1. The highest BCUT2D eigenvalue weighted by Gasteiger charge is 2.29. The third kappa shape index (κ3) is 3.71. The molecule has 104 valence electrons. The van der Waals surface area contributed by atoms with Crippen molar-refractivity contribution in [3.05, 3.63) is 23.8 Å². The lowest BCUT2D eigenvalue weighted by Gasteiger charge is -2.34. The van der Waals surface area contributed by atoms with Gasteiger partial charge in [-0.15, -0.1) is 0 Å². The Bertz CT molecular complexity index is 438. The van der Waals surface area contributed by atoms with Crippen molar-refractivity contribution in [2.45, 2.75) is 26.4 Å². The maximum Gasteiger partial charge on any atom is 0.324 e. The molecule has 0 spiro atoms. The van der Waals surface area contributed by atoms with Gasteiger partial charge < -0.3 is 10.1 Å². The number of ether oxygens (including phenoxy) is 1. The fourth-order valence-corrected chi connectivity index (χ4v) is 2.21. The molecule has 1 unspecified atom stereocenters. The van der Waals surface area contributed by atoms with Gasteiger partial charge >= 0.3 is 5.97 Å². The van der Waals surface area contributed by atoms with E-state index in [2.05, 4.69) is 20.2 Å². The van der Waals surface area contributed by atoms with E-state index in [1.54, 1.807) is 6.20 Å². The lowest BCUT2D eigenvalue weighted by Crippen LogP contribution is -2.55. The molecule has 0 amide bonds. The fourth-order valence-electron chi connectivity index (χ4n) is 2.21. The minimum absolute atomic E-state index is 0.166. The van der Waals surface area contributed by atoms with Gasteiger partial charge in [0.05, 0.1) is 12.3 Å². The van der Waals surface area contributed by atoms with Crippen molar-refractivity contribution in [2.75, 3.05) is 26.2 Å². The monoisotopic (exact) mass is 264 g/mol. The Labute approximate surface area is 113 Å². The molecule has 19 heavy (non-hydrogen) atoms. The van der Waals surface area contributed by atoms with Crippen LogP contribution >= 0.6 is 0 Å². The summed E-state index contributed by atoms with van der Waals surface area (Å²) in [5.41, 5.74) is 0.934. The van der Waals surface area contributed by atoms with Crippen LogP contribution in [0.2, 0.25) is 0 Å². The molecule has 0 aliphatic carbocycles. The molecule has 0 radical (unpaired) electrons. The first-order valence-electron chi connectivity index (χ1n) is 6.60. The number of aryl methyl sites for hydroxylation is 1. The highest BCUT2D eigenvalue weighted by atomic mass is 16.5. The van der Waals surface area contributed by atoms with Gasteiger partial charge in [-0.2, -0.15) is 0 Å². The standard InChI is InChI=1S/C13H20N4O2/c1-3-19-13(18)12-8-14-6-7-17(12)9-11-4-5-15-10(2)16-11/h4-5,12,14H,3,6-9H2,1-2H3. The predicted molar refractivity (Wildman–Crippen MR) is 70.5 cm³/mol. The van der Waals surface area contributed by atoms with Crippen LogP contribution in [0.5, 0.6) is 0 Å². The van der Waals surface area contributed by atoms with Crippen molar-refractivity contribution in [1.29, 1.82) is 0 Å². The van der Waals surface area contributed by atoms with Gasteiger partial charge in [0.25, 0.3) is 0 Å². The first kappa shape index (κ1) is 13.9. The van der Waals surface area contributed by atoms with Crippen molar-refractivity contribution < 1.29 is 9.53 Å². The van der Waals surface area contributed by atoms with Crippen molar-refractivity contribution in [3.8, 4) is 0 Å². The highest BCUT2D eigenvalue weighted by molar-refractivity contribution is 5.76. The van der Waals surface area contributed by atoms with Crippen LogP contribution in [-0.4, -0.2) is 53.1 Å². The van der Waals surface area contributed by atoms with Crippen LogP contribution in [-0.2, 0) is 16.1 Å². The molecule has 0 bridgehead atoms. The molecular weight excluding hydrogens is 244 g/mol. The number of rotatable bonds is 4. The van der Waals surface area contributed by atoms with E-state index in [4.69, 9.17) is 4.74 Å². The molecule has 1 aromatic heterocycles. The first-order valence-corrected chi connectivity index (χ1v) is 6.60. The lowest BCUT2D eigenvalue weighted by molar-refractivity contribution is -0.150. The van der Waals surface area contributed by atoms with Crippen LogP contribution in [0.4, 0.5) is 0 Å². The zero-order valence-electron chi connectivity index (χ0n) is 11.4. The Hall–Kier alpha value is -1.53. The van der Waals surface area contributed by atoms with Gasteiger partial charge in [-0.1, -0.05) is 0 Å². The molecule has 1 atom stereocenters. The summed E-state index contributed by atoms with van der Waals surface area (Å²) < 4.78 is 5.12. The summed E-state index contributed by atoms with van der Waals surface area (Å²) >= 11 is 0. The summed E-state index contributed by atoms with van der Waals surface area (Å²) in [4.78, 5) is 22.5. The molecule has 2 heterocycles. The number of carbonyl (C=O) groups is 1. The Kier molecular flexibility index (Phi) is 4.81.